The molecule has 16 heavy (non-hydrogen) atoms. The standard InChI is InChI=1S/C12H25NO.H3NS/c1-11(2,3)10-12(4,5)13-6-8-14-9-7-13;1-2/h6-10H2,1-5H3;2H,1H2. The van der Waals surface area contributed by atoms with Crippen molar-refractivity contribution in [2.75, 3.05) is 26.3 Å². The Morgan fingerprint density at radius 2 is 1.50 bits per heavy atom. The van der Waals surface area contributed by atoms with Crippen LogP contribution in [0.25, 0.3) is 0 Å². The normalized spacial score (nSPS) is 18.9. The van der Waals surface area contributed by atoms with Crippen molar-refractivity contribution in [2.24, 2.45) is 10.6 Å². The van der Waals surface area contributed by atoms with Crippen LogP contribution in [0.2, 0.25) is 0 Å². The molecule has 1 aliphatic heterocycles. The van der Waals surface area contributed by atoms with Gasteiger partial charge in [-0.3, -0.25) is 10.0 Å². The molecular weight excluding hydrogens is 220 g/mol. The van der Waals surface area contributed by atoms with Gasteiger partial charge in [0.2, 0.25) is 0 Å². The molecule has 0 aromatic rings. The fourth-order valence-electron chi connectivity index (χ4n) is 2.58. The van der Waals surface area contributed by atoms with E-state index in [4.69, 9.17) is 4.74 Å². The van der Waals surface area contributed by atoms with E-state index in [0.717, 1.165) is 26.3 Å². The minimum absolute atomic E-state index is 0.308. The first-order valence-corrected chi connectivity index (χ1v) is 6.42. The maximum absolute atomic E-state index is 5.38. The third-order valence-corrected chi connectivity index (χ3v) is 2.83. The van der Waals surface area contributed by atoms with Crippen molar-refractivity contribution in [2.45, 2.75) is 46.6 Å². The second-order valence-electron chi connectivity index (χ2n) is 6.15. The van der Waals surface area contributed by atoms with Gasteiger partial charge in [0, 0.05) is 18.6 Å². The molecule has 1 heterocycles. The molecule has 1 aliphatic rings. The smallest absolute Gasteiger partial charge is 0.0594 e. The van der Waals surface area contributed by atoms with Crippen molar-refractivity contribution in [3.8, 4) is 0 Å². The van der Waals surface area contributed by atoms with Crippen LogP contribution in [0.5, 0.6) is 0 Å². The van der Waals surface area contributed by atoms with Crippen LogP contribution >= 0.6 is 12.8 Å². The zero-order chi connectivity index (χ0) is 12.8. The average Bonchev–Trinajstić information content (AvgIpc) is 2.19. The first-order valence-electron chi connectivity index (χ1n) is 5.90. The molecule has 0 saturated carbocycles. The molecule has 0 unspecified atom stereocenters. The summed E-state index contributed by atoms with van der Waals surface area (Å²) in [6, 6.07) is 0. The summed E-state index contributed by atoms with van der Waals surface area (Å²) in [5.74, 6) is 0. The van der Waals surface area contributed by atoms with Crippen molar-refractivity contribution in [1.29, 1.82) is 0 Å². The maximum atomic E-state index is 5.38. The Morgan fingerprint density at radius 3 is 1.88 bits per heavy atom. The Morgan fingerprint density at radius 1 is 1.06 bits per heavy atom. The highest BCUT2D eigenvalue weighted by Gasteiger charge is 2.32. The van der Waals surface area contributed by atoms with Crippen LogP contribution in [0.1, 0.15) is 41.0 Å². The minimum Gasteiger partial charge on any atom is -0.379 e. The molecule has 0 radical (unpaired) electrons. The molecule has 1 rings (SSSR count). The van der Waals surface area contributed by atoms with Gasteiger partial charge in [0.25, 0.3) is 0 Å². The van der Waals surface area contributed by atoms with Crippen LogP contribution in [-0.4, -0.2) is 36.7 Å². The predicted molar refractivity (Wildman–Crippen MR) is 73.7 cm³/mol. The lowest BCUT2D eigenvalue weighted by molar-refractivity contribution is -0.0229. The molecule has 0 aromatic heterocycles. The summed E-state index contributed by atoms with van der Waals surface area (Å²) in [5, 5.41) is 4.19. The number of hydrogen-bond donors (Lipinski definition) is 2. The van der Waals surface area contributed by atoms with Gasteiger partial charge in [-0.05, 0) is 25.7 Å². The van der Waals surface area contributed by atoms with E-state index in [2.05, 4.69) is 57.5 Å². The molecule has 1 fully saturated rings. The number of rotatable bonds is 2. The van der Waals surface area contributed by atoms with E-state index in [1.54, 1.807) is 0 Å². The molecule has 3 nitrogen and oxygen atoms in total. The predicted octanol–water partition coefficient (Wildman–Crippen LogP) is 2.32. The van der Waals surface area contributed by atoms with Crippen molar-refractivity contribution >= 4 is 12.8 Å². The summed E-state index contributed by atoms with van der Waals surface area (Å²) in [5.41, 5.74) is 0.712. The van der Waals surface area contributed by atoms with E-state index in [-0.39, 0.29) is 0 Å². The van der Waals surface area contributed by atoms with Crippen LogP contribution in [0.15, 0.2) is 0 Å². The molecule has 0 amide bonds. The topological polar surface area (TPSA) is 38.5 Å². The summed E-state index contributed by atoms with van der Waals surface area (Å²) in [7, 11) is 0. The Kier molecular flexibility index (Phi) is 6.94. The Balaban J connectivity index is 0.00000106. The molecule has 0 bridgehead atoms. The molecule has 1 saturated heterocycles. The van der Waals surface area contributed by atoms with Gasteiger partial charge in [-0.2, -0.15) is 0 Å². The molecule has 0 aliphatic carbocycles. The van der Waals surface area contributed by atoms with Crippen LogP contribution in [0, 0.1) is 5.41 Å². The third kappa shape index (κ3) is 6.09. The van der Waals surface area contributed by atoms with Crippen LogP contribution in [0.3, 0.4) is 0 Å². The highest BCUT2D eigenvalue weighted by Crippen LogP contribution is 2.31. The molecule has 0 spiro atoms. The van der Waals surface area contributed by atoms with E-state index < -0.39 is 0 Å². The van der Waals surface area contributed by atoms with E-state index in [1.165, 1.54) is 6.42 Å². The zero-order valence-corrected chi connectivity index (χ0v) is 12.3. The third-order valence-electron chi connectivity index (χ3n) is 2.83. The Bertz CT molecular complexity index is 184. The van der Waals surface area contributed by atoms with Crippen molar-refractivity contribution in [3.63, 3.8) is 0 Å². The molecule has 0 aromatic carbocycles. The zero-order valence-electron chi connectivity index (χ0n) is 11.4. The number of hydrogen-bond acceptors (Lipinski definition) is 4. The summed E-state index contributed by atoms with van der Waals surface area (Å²) < 4.78 is 5.38. The van der Waals surface area contributed by atoms with Crippen molar-refractivity contribution in [1.82, 2.24) is 4.90 Å². The van der Waals surface area contributed by atoms with Crippen molar-refractivity contribution in [3.05, 3.63) is 0 Å². The first-order chi connectivity index (χ1) is 7.31. The van der Waals surface area contributed by atoms with Crippen LogP contribution in [0.4, 0.5) is 0 Å². The van der Waals surface area contributed by atoms with Gasteiger partial charge in [0.05, 0.1) is 13.2 Å². The second-order valence-corrected chi connectivity index (χ2v) is 6.15. The summed E-state index contributed by atoms with van der Waals surface area (Å²) in [6.07, 6.45) is 1.24. The molecule has 4 heteroatoms. The highest BCUT2D eigenvalue weighted by molar-refractivity contribution is 7.77. The average molecular weight is 248 g/mol. The number of thiol groups is 1. The number of nitrogens with two attached hydrogens (primary N) is 1. The van der Waals surface area contributed by atoms with Gasteiger partial charge in [0.15, 0.2) is 0 Å². The van der Waals surface area contributed by atoms with Gasteiger partial charge in [-0.15, -0.1) is 12.8 Å². The van der Waals surface area contributed by atoms with Crippen molar-refractivity contribution < 1.29 is 4.74 Å². The van der Waals surface area contributed by atoms with E-state index in [0.29, 0.717) is 11.0 Å². The number of ether oxygens (including phenoxy) is 1. The largest absolute Gasteiger partial charge is 0.379 e. The van der Waals surface area contributed by atoms with Crippen LogP contribution < -0.4 is 5.14 Å². The summed E-state index contributed by atoms with van der Waals surface area (Å²) >= 11 is 3.03. The lowest BCUT2D eigenvalue weighted by Crippen LogP contribution is -2.51. The van der Waals surface area contributed by atoms with E-state index >= 15 is 0 Å². The minimum atomic E-state index is 0.308. The quantitative estimate of drug-likeness (QED) is 0.737. The number of nitrogens with zero attached hydrogens (tertiary/aromatic N) is 1. The second kappa shape index (κ2) is 6.84. The summed E-state index contributed by atoms with van der Waals surface area (Å²) in [6.45, 7) is 15.6. The lowest BCUT2D eigenvalue weighted by atomic mass is 9.80. The van der Waals surface area contributed by atoms with Gasteiger partial charge in [0.1, 0.15) is 0 Å². The fraction of sp³-hybridized carbons (Fsp3) is 1.00. The van der Waals surface area contributed by atoms with Gasteiger partial charge >= 0.3 is 0 Å². The maximum Gasteiger partial charge on any atom is 0.0594 e. The van der Waals surface area contributed by atoms with Gasteiger partial charge < -0.3 is 4.74 Å². The molecular formula is C12H28N2OS. The SMILES string of the molecule is CC(C)(C)CC(C)(C)N1CCOCC1.NS. The summed E-state index contributed by atoms with van der Waals surface area (Å²) in [4.78, 5) is 2.56. The van der Waals surface area contributed by atoms with Crippen LogP contribution in [-0.2, 0) is 4.74 Å². The van der Waals surface area contributed by atoms with Gasteiger partial charge in [-0.25, -0.2) is 0 Å². The lowest BCUT2D eigenvalue weighted by Gasteiger charge is -2.44. The Labute approximate surface area is 106 Å². The van der Waals surface area contributed by atoms with E-state index in [1.807, 2.05) is 0 Å². The Hall–Kier alpha value is 0.230. The highest BCUT2D eigenvalue weighted by atomic mass is 32.1. The molecule has 98 valence electrons. The molecule has 0 atom stereocenters. The number of morpholine rings is 1. The molecule has 2 N–H and O–H groups in total. The monoisotopic (exact) mass is 248 g/mol. The first kappa shape index (κ1) is 16.2. The van der Waals surface area contributed by atoms with E-state index in [9.17, 15) is 0 Å². The van der Waals surface area contributed by atoms with Gasteiger partial charge in [-0.1, -0.05) is 20.8 Å². The fourth-order valence-corrected chi connectivity index (χ4v) is 2.58.